The first-order valence-electron chi connectivity index (χ1n) is 11.8. The molecule has 0 radical (unpaired) electrons. The fourth-order valence-corrected chi connectivity index (χ4v) is 6.66. The Morgan fingerprint density at radius 2 is 1.41 bits per heavy atom. The Labute approximate surface area is 174 Å². The van der Waals surface area contributed by atoms with E-state index in [2.05, 4.69) is 5.32 Å². The topological polar surface area (TPSA) is 75.7 Å². The lowest BCUT2D eigenvalue weighted by Gasteiger charge is -2.55. The lowest BCUT2D eigenvalue weighted by Crippen LogP contribution is -2.53. The maximum Gasteiger partial charge on any atom is 0.308 e. The average molecular weight is 405 g/mol. The van der Waals surface area contributed by atoms with Gasteiger partial charge in [-0.3, -0.25) is 14.4 Å². The van der Waals surface area contributed by atoms with E-state index in [1.54, 1.807) is 0 Å². The molecular weight excluding hydrogens is 368 g/mol. The van der Waals surface area contributed by atoms with Crippen molar-refractivity contribution in [3.63, 3.8) is 0 Å². The third kappa shape index (κ3) is 4.95. The van der Waals surface area contributed by atoms with E-state index in [0.717, 1.165) is 75.8 Å². The molecule has 2 amide bonds. The van der Waals surface area contributed by atoms with E-state index >= 15 is 0 Å². The molecule has 4 saturated carbocycles. The van der Waals surface area contributed by atoms with Crippen molar-refractivity contribution in [3.05, 3.63) is 0 Å². The zero-order valence-electron chi connectivity index (χ0n) is 17.6. The molecule has 5 rings (SSSR count). The lowest BCUT2D eigenvalue weighted by molar-refractivity contribution is -0.152. The van der Waals surface area contributed by atoms with Gasteiger partial charge in [0.25, 0.3) is 5.91 Å². The van der Waals surface area contributed by atoms with Gasteiger partial charge in [0.15, 0.2) is 6.61 Å². The van der Waals surface area contributed by atoms with Gasteiger partial charge in [0, 0.05) is 25.0 Å². The maximum absolute atomic E-state index is 12.9. The van der Waals surface area contributed by atoms with Gasteiger partial charge in [0.2, 0.25) is 5.91 Å². The SMILES string of the molecule is O=C(CCNC(=O)C12CC3CC(CC(C3)C1)C2)OCC(=O)N1CCCCCCC1. The molecule has 29 heavy (non-hydrogen) atoms. The number of hydrogen-bond donors (Lipinski definition) is 1. The zero-order chi connectivity index (χ0) is 20.3. The van der Waals surface area contributed by atoms with Crippen LogP contribution in [-0.4, -0.2) is 48.9 Å². The molecule has 4 bridgehead atoms. The van der Waals surface area contributed by atoms with Gasteiger partial charge in [0.1, 0.15) is 0 Å². The highest BCUT2D eigenvalue weighted by Crippen LogP contribution is 2.60. The monoisotopic (exact) mass is 404 g/mol. The lowest BCUT2D eigenvalue weighted by atomic mass is 9.49. The number of amides is 2. The van der Waals surface area contributed by atoms with Crippen LogP contribution < -0.4 is 5.32 Å². The highest BCUT2D eigenvalue weighted by Gasteiger charge is 2.54. The van der Waals surface area contributed by atoms with Crippen molar-refractivity contribution in [2.75, 3.05) is 26.2 Å². The standard InChI is InChI=1S/C23H36N2O4/c26-20(25-8-4-2-1-3-5-9-25)16-29-21(27)6-7-24-22(28)23-13-17-10-18(14-23)12-19(11-17)15-23/h17-19H,1-16H2,(H,24,28). The quantitative estimate of drug-likeness (QED) is 0.691. The third-order valence-corrected chi connectivity index (χ3v) is 7.70. The molecule has 6 heteroatoms. The van der Waals surface area contributed by atoms with Crippen molar-refractivity contribution >= 4 is 17.8 Å². The number of ether oxygens (including phenoxy) is 1. The first-order chi connectivity index (χ1) is 14.0. The van der Waals surface area contributed by atoms with E-state index in [4.69, 9.17) is 4.74 Å². The molecule has 0 aromatic heterocycles. The molecule has 162 valence electrons. The molecule has 0 aromatic carbocycles. The van der Waals surface area contributed by atoms with Crippen LogP contribution in [0.5, 0.6) is 0 Å². The predicted molar refractivity (Wildman–Crippen MR) is 109 cm³/mol. The third-order valence-electron chi connectivity index (χ3n) is 7.70. The Bertz CT molecular complexity index is 589. The first kappa shape index (κ1) is 20.7. The maximum atomic E-state index is 12.9. The molecule has 1 heterocycles. The zero-order valence-corrected chi connectivity index (χ0v) is 17.6. The molecule has 1 N–H and O–H groups in total. The molecule has 5 aliphatic rings. The second-order valence-corrected chi connectivity index (χ2v) is 10.0. The minimum atomic E-state index is -0.406. The number of nitrogens with zero attached hydrogens (tertiary/aromatic N) is 1. The average Bonchev–Trinajstić information content (AvgIpc) is 2.64. The van der Waals surface area contributed by atoms with E-state index < -0.39 is 5.97 Å². The van der Waals surface area contributed by atoms with Crippen LogP contribution in [0.15, 0.2) is 0 Å². The number of carbonyl (C=O) groups is 3. The van der Waals surface area contributed by atoms with Crippen molar-refractivity contribution in [1.29, 1.82) is 0 Å². The number of esters is 1. The summed E-state index contributed by atoms with van der Waals surface area (Å²) >= 11 is 0. The van der Waals surface area contributed by atoms with Crippen molar-refractivity contribution in [3.8, 4) is 0 Å². The molecule has 6 nitrogen and oxygen atoms in total. The van der Waals surface area contributed by atoms with Crippen LogP contribution >= 0.6 is 0 Å². The summed E-state index contributed by atoms with van der Waals surface area (Å²) in [6.45, 7) is 1.65. The van der Waals surface area contributed by atoms with Crippen LogP contribution in [0.3, 0.4) is 0 Å². The van der Waals surface area contributed by atoms with Crippen molar-refractivity contribution in [1.82, 2.24) is 10.2 Å². The summed E-state index contributed by atoms with van der Waals surface area (Å²) in [6, 6.07) is 0. The van der Waals surface area contributed by atoms with Crippen molar-refractivity contribution < 1.29 is 19.1 Å². The van der Waals surface area contributed by atoms with Gasteiger partial charge >= 0.3 is 5.97 Å². The number of nitrogens with one attached hydrogen (secondary N) is 1. The van der Waals surface area contributed by atoms with E-state index in [-0.39, 0.29) is 30.3 Å². The van der Waals surface area contributed by atoms with Gasteiger partial charge in [-0.15, -0.1) is 0 Å². The Morgan fingerprint density at radius 1 is 0.862 bits per heavy atom. The van der Waals surface area contributed by atoms with Crippen LogP contribution in [0.1, 0.15) is 77.0 Å². The smallest absolute Gasteiger partial charge is 0.308 e. The van der Waals surface area contributed by atoms with E-state index in [9.17, 15) is 14.4 Å². The summed E-state index contributed by atoms with van der Waals surface area (Å²) in [5.74, 6) is 1.82. The highest BCUT2D eigenvalue weighted by molar-refractivity contribution is 5.84. The number of hydrogen-bond acceptors (Lipinski definition) is 4. The van der Waals surface area contributed by atoms with Gasteiger partial charge < -0.3 is 15.0 Å². The van der Waals surface area contributed by atoms with Crippen molar-refractivity contribution in [2.24, 2.45) is 23.2 Å². The van der Waals surface area contributed by atoms with Crippen LogP contribution in [0.25, 0.3) is 0 Å². The largest absolute Gasteiger partial charge is 0.456 e. The van der Waals surface area contributed by atoms with Crippen LogP contribution in [0, 0.1) is 23.2 Å². The predicted octanol–water partition coefficient (Wildman–Crippen LogP) is 3.05. The molecule has 1 saturated heterocycles. The molecule has 0 spiro atoms. The molecule has 0 atom stereocenters. The number of carbonyl (C=O) groups excluding carboxylic acids is 3. The minimum Gasteiger partial charge on any atom is -0.456 e. The second-order valence-electron chi connectivity index (χ2n) is 10.0. The van der Waals surface area contributed by atoms with Crippen LogP contribution in [0.2, 0.25) is 0 Å². The van der Waals surface area contributed by atoms with Crippen molar-refractivity contribution in [2.45, 2.75) is 77.0 Å². The van der Waals surface area contributed by atoms with E-state index in [1.165, 1.54) is 25.7 Å². The summed E-state index contributed by atoms with van der Waals surface area (Å²) in [4.78, 5) is 39.0. The fourth-order valence-electron chi connectivity index (χ4n) is 6.66. The number of likely N-dealkylation sites (tertiary alicyclic amines) is 1. The van der Waals surface area contributed by atoms with Crippen LogP contribution in [0.4, 0.5) is 0 Å². The Kier molecular flexibility index (Phi) is 6.45. The number of rotatable bonds is 6. The summed E-state index contributed by atoms with van der Waals surface area (Å²) in [5.41, 5.74) is -0.180. The minimum absolute atomic E-state index is 0.0992. The Balaban J connectivity index is 1.16. The Morgan fingerprint density at radius 3 is 2.00 bits per heavy atom. The molecule has 0 aromatic rings. The summed E-state index contributed by atoms with van der Waals surface area (Å²) in [6.07, 6.45) is 12.8. The molecular formula is C23H36N2O4. The Hall–Kier alpha value is -1.59. The molecule has 1 aliphatic heterocycles. The second kappa shape index (κ2) is 9.05. The first-order valence-corrected chi connectivity index (χ1v) is 11.8. The summed E-state index contributed by atoms with van der Waals surface area (Å²) in [7, 11) is 0. The van der Waals surface area contributed by atoms with Crippen LogP contribution in [-0.2, 0) is 19.1 Å². The molecule has 0 unspecified atom stereocenters. The van der Waals surface area contributed by atoms with E-state index in [1.807, 2.05) is 4.90 Å². The van der Waals surface area contributed by atoms with Gasteiger partial charge in [-0.1, -0.05) is 19.3 Å². The highest BCUT2D eigenvalue weighted by atomic mass is 16.5. The summed E-state index contributed by atoms with van der Waals surface area (Å²) < 4.78 is 5.18. The van der Waals surface area contributed by atoms with Gasteiger partial charge in [-0.05, 0) is 69.1 Å². The van der Waals surface area contributed by atoms with Gasteiger partial charge in [-0.2, -0.15) is 0 Å². The normalized spacial score (nSPS) is 33.7. The van der Waals surface area contributed by atoms with Gasteiger partial charge in [-0.25, -0.2) is 0 Å². The molecule has 4 aliphatic carbocycles. The molecule has 5 fully saturated rings. The van der Waals surface area contributed by atoms with E-state index in [0.29, 0.717) is 6.54 Å². The fraction of sp³-hybridized carbons (Fsp3) is 0.870. The van der Waals surface area contributed by atoms with Gasteiger partial charge in [0.05, 0.1) is 6.42 Å². The summed E-state index contributed by atoms with van der Waals surface area (Å²) in [5, 5.41) is 3.00.